The summed E-state index contributed by atoms with van der Waals surface area (Å²) in [5, 5.41) is 0. The smallest absolute Gasteiger partial charge is 0.0797 e. The van der Waals surface area contributed by atoms with E-state index < -0.39 is 0 Å². The van der Waals surface area contributed by atoms with Crippen LogP contribution in [0.1, 0.15) is 23.4 Å². The van der Waals surface area contributed by atoms with E-state index >= 15 is 0 Å². The van der Waals surface area contributed by atoms with Gasteiger partial charge in [0.25, 0.3) is 0 Å². The fraction of sp³-hybridized carbons (Fsp3) is 0.571. The summed E-state index contributed by atoms with van der Waals surface area (Å²) >= 11 is 1.81. The quantitative estimate of drug-likeness (QED) is 0.631. The number of nitrogens with zero attached hydrogens (tertiary/aromatic N) is 1. The van der Waals surface area contributed by atoms with Crippen LogP contribution in [0.3, 0.4) is 0 Å². The van der Waals surface area contributed by atoms with Crippen LogP contribution in [-0.4, -0.2) is 4.98 Å². The van der Waals surface area contributed by atoms with Crippen LogP contribution in [-0.2, 0) is 12.8 Å². The molecule has 0 radical (unpaired) electrons. The van der Waals surface area contributed by atoms with Crippen molar-refractivity contribution in [3.05, 3.63) is 16.1 Å². The zero-order valence-electron chi connectivity index (χ0n) is 6.68. The molecule has 0 fully saturated rings. The Bertz CT molecular complexity index is 189. The molecule has 11 heavy (non-hydrogen) atoms. The predicted molar refractivity (Wildman–Crippen MR) is 48.8 cm³/mol. The molecule has 1 heterocycles. The molecule has 0 bridgehead atoms. The van der Waals surface area contributed by atoms with Crippen LogP contribution in [0.5, 0.6) is 0 Å². The Hall–Kier alpha value is -0.450. The normalized spacial score (nSPS) is 14.2. The van der Waals surface area contributed by atoms with Crippen molar-refractivity contribution in [2.24, 2.45) is 0 Å². The standard InChI is InChI=1S/C7H9NS.2H3N/c1-2-4-7-6(3-1)8-5-9-7;;/h5H,1-4H2;2*1H3. The summed E-state index contributed by atoms with van der Waals surface area (Å²) in [6.07, 6.45) is 5.21. The maximum Gasteiger partial charge on any atom is 0.0797 e. The Morgan fingerprint density at radius 3 is 2.64 bits per heavy atom. The maximum atomic E-state index is 4.28. The minimum atomic E-state index is 0. The second-order valence-electron chi connectivity index (χ2n) is 2.43. The topological polar surface area (TPSA) is 82.9 Å². The van der Waals surface area contributed by atoms with E-state index in [1.807, 2.05) is 16.8 Å². The summed E-state index contributed by atoms with van der Waals surface area (Å²) < 4.78 is 0. The lowest BCUT2D eigenvalue weighted by atomic mass is 10.0. The van der Waals surface area contributed by atoms with Crippen LogP contribution in [0.25, 0.3) is 0 Å². The summed E-state index contributed by atoms with van der Waals surface area (Å²) in [5.74, 6) is 0. The molecule has 1 aromatic heterocycles. The van der Waals surface area contributed by atoms with Crippen LogP contribution < -0.4 is 12.3 Å². The van der Waals surface area contributed by atoms with E-state index in [-0.39, 0.29) is 12.3 Å². The van der Waals surface area contributed by atoms with E-state index in [0.29, 0.717) is 0 Å². The molecule has 3 nitrogen and oxygen atoms in total. The van der Waals surface area contributed by atoms with Crippen molar-refractivity contribution in [2.75, 3.05) is 0 Å². The summed E-state index contributed by atoms with van der Waals surface area (Å²) in [6, 6.07) is 0. The molecule has 0 saturated carbocycles. The molecule has 0 amide bonds. The fourth-order valence-corrected chi connectivity index (χ4v) is 2.14. The molecular formula is C7H15N3S. The van der Waals surface area contributed by atoms with Gasteiger partial charge in [0.2, 0.25) is 0 Å². The van der Waals surface area contributed by atoms with Crippen LogP contribution in [0.2, 0.25) is 0 Å². The van der Waals surface area contributed by atoms with Gasteiger partial charge in [0.1, 0.15) is 0 Å². The second-order valence-corrected chi connectivity index (χ2v) is 3.37. The van der Waals surface area contributed by atoms with Crippen molar-refractivity contribution in [3.63, 3.8) is 0 Å². The van der Waals surface area contributed by atoms with Gasteiger partial charge in [0.05, 0.1) is 11.2 Å². The first-order valence-electron chi connectivity index (χ1n) is 3.38. The Balaban J connectivity index is 0.000000500. The highest BCUT2D eigenvalue weighted by atomic mass is 32.1. The Morgan fingerprint density at radius 2 is 1.91 bits per heavy atom. The molecule has 0 aliphatic heterocycles. The van der Waals surface area contributed by atoms with Crippen LogP contribution in [0.15, 0.2) is 5.51 Å². The maximum absolute atomic E-state index is 4.28. The summed E-state index contributed by atoms with van der Waals surface area (Å²) in [6.45, 7) is 0. The van der Waals surface area contributed by atoms with Crippen molar-refractivity contribution in [2.45, 2.75) is 25.7 Å². The summed E-state index contributed by atoms with van der Waals surface area (Å²) in [7, 11) is 0. The molecule has 1 aromatic rings. The van der Waals surface area contributed by atoms with Crippen LogP contribution in [0.4, 0.5) is 0 Å². The van der Waals surface area contributed by atoms with Crippen LogP contribution in [0, 0.1) is 0 Å². The van der Waals surface area contributed by atoms with E-state index in [1.165, 1.54) is 36.3 Å². The molecule has 0 atom stereocenters. The molecular weight excluding hydrogens is 158 g/mol. The molecule has 1 aliphatic carbocycles. The van der Waals surface area contributed by atoms with Gasteiger partial charge in [0, 0.05) is 4.88 Å². The van der Waals surface area contributed by atoms with Gasteiger partial charge < -0.3 is 12.3 Å². The van der Waals surface area contributed by atoms with Crippen molar-refractivity contribution in [1.82, 2.24) is 17.3 Å². The van der Waals surface area contributed by atoms with Crippen molar-refractivity contribution in [1.29, 1.82) is 0 Å². The minimum Gasteiger partial charge on any atom is -0.344 e. The Morgan fingerprint density at radius 1 is 1.18 bits per heavy atom. The predicted octanol–water partition coefficient (Wildman–Crippen LogP) is 2.35. The third kappa shape index (κ3) is 1.99. The first kappa shape index (κ1) is 10.6. The zero-order valence-corrected chi connectivity index (χ0v) is 7.49. The monoisotopic (exact) mass is 173 g/mol. The average molecular weight is 173 g/mol. The van der Waals surface area contributed by atoms with Crippen molar-refractivity contribution >= 4 is 11.3 Å². The molecule has 0 aromatic carbocycles. The third-order valence-corrected chi connectivity index (χ3v) is 2.73. The molecule has 1 aliphatic rings. The second kappa shape index (κ2) is 4.43. The highest BCUT2D eigenvalue weighted by Crippen LogP contribution is 2.22. The van der Waals surface area contributed by atoms with E-state index in [0.717, 1.165) is 0 Å². The number of aromatic nitrogens is 1. The third-order valence-electron chi connectivity index (χ3n) is 1.79. The molecule has 4 heteroatoms. The lowest BCUT2D eigenvalue weighted by Gasteiger charge is -2.06. The Labute approximate surface area is 71.0 Å². The summed E-state index contributed by atoms with van der Waals surface area (Å²) in [4.78, 5) is 5.80. The lowest BCUT2D eigenvalue weighted by Crippen LogP contribution is -1.98. The van der Waals surface area contributed by atoms with E-state index in [4.69, 9.17) is 0 Å². The minimum absolute atomic E-state index is 0. The highest BCUT2D eigenvalue weighted by molar-refractivity contribution is 7.09. The van der Waals surface area contributed by atoms with Gasteiger partial charge in [-0.05, 0) is 25.7 Å². The lowest BCUT2D eigenvalue weighted by molar-refractivity contribution is 0.682. The summed E-state index contributed by atoms with van der Waals surface area (Å²) in [5.41, 5.74) is 3.34. The van der Waals surface area contributed by atoms with Crippen molar-refractivity contribution in [3.8, 4) is 0 Å². The number of fused-ring (bicyclic) bond motifs is 1. The van der Waals surface area contributed by atoms with Gasteiger partial charge in [-0.15, -0.1) is 11.3 Å². The molecule has 0 spiro atoms. The van der Waals surface area contributed by atoms with Gasteiger partial charge >= 0.3 is 0 Å². The molecule has 6 N–H and O–H groups in total. The van der Waals surface area contributed by atoms with Gasteiger partial charge in [-0.1, -0.05) is 0 Å². The van der Waals surface area contributed by atoms with Crippen LogP contribution >= 0.6 is 11.3 Å². The fourth-order valence-electron chi connectivity index (χ4n) is 1.28. The zero-order chi connectivity index (χ0) is 6.10. The van der Waals surface area contributed by atoms with Gasteiger partial charge in [-0.3, -0.25) is 0 Å². The number of rotatable bonds is 0. The number of thiazole rings is 1. The van der Waals surface area contributed by atoms with Gasteiger partial charge in [0.15, 0.2) is 0 Å². The number of hydrogen-bond donors (Lipinski definition) is 2. The first-order chi connectivity index (χ1) is 4.47. The largest absolute Gasteiger partial charge is 0.344 e. The highest BCUT2D eigenvalue weighted by Gasteiger charge is 2.09. The molecule has 0 saturated heterocycles. The van der Waals surface area contributed by atoms with Crippen molar-refractivity contribution < 1.29 is 0 Å². The number of hydrogen-bond acceptors (Lipinski definition) is 4. The number of aryl methyl sites for hydroxylation is 2. The SMILES string of the molecule is N.N.c1nc2c(s1)CCCC2. The average Bonchev–Trinajstić information content (AvgIpc) is 2.33. The van der Waals surface area contributed by atoms with Gasteiger partial charge in [-0.25, -0.2) is 4.98 Å². The molecule has 0 unspecified atom stereocenters. The van der Waals surface area contributed by atoms with Gasteiger partial charge in [-0.2, -0.15) is 0 Å². The van der Waals surface area contributed by atoms with E-state index in [9.17, 15) is 0 Å². The molecule has 64 valence electrons. The Kier molecular flexibility index (Phi) is 4.25. The molecule has 2 rings (SSSR count). The van der Waals surface area contributed by atoms with E-state index in [1.54, 1.807) is 0 Å². The first-order valence-corrected chi connectivity index (χ1v) is 4.26. The van der Waals surface area contributed by atoms with E-state index in [2.05, 4.69) is 4.98 Å².